The van der Waals surface area contributed by atoms with Crippen LogP contribution in [0.4, 0.5) is 10.5 Å². The molecule has 2 aromatic rings. The maximum Gasteiger partial charge on any atom is 0.507 e. The molecule has 1 aliphatic rings. The van der Waals surface area contributed by atoms with E-state index in [2.05, 4.69) is 12.2 Å². The highest BCUT2D eigenvalue weighted by Crippen LogP contribution is 2.42. The van der Waals surface area contributed by atoms with Gasteiger partial charge in [-0.3, -0.25) is 0 Å². The van der Waals surface area contributed by atoms with Gasteiger partial charge in [-0.1, -0.05) is 42.8 Å². The van der Waals surface area contributed by atoms with E-state index < -0.39 is 12.4 Å². The minimum absolute atomic E-state index is 0.0143. The van der Waals surface area contributed by atoms with Crippen molar-refractivity contribution in [2.24, 2.45) is 0 Å². The zero-order valence-electron chi connectivity index (χ0n) is 13.9. The summed E-state index contributed by atoms with van der Waals surface area (Å²) in [6.07, 6.45) is -0.508. The molecule has 2 atom stereocenters. The van der Waals surface area contributed by atoms with Gasteiger partial charge in [0.15, 0.2) is 6.23 Å². The lowest BCUT2D eigenvalue weighted by molar-refractivity contribution is 0.0561. The quantitative estimate of drug-likeness (QED) is 0.725. The van der Waals surface area contributed by atoms with Crippen LogP contribution < -0.4 is 10.1 Å². The van der Waals surface area contributed by atoms with Crippen molar-refractivity contribution in [3.63, 3.8) is 0 Å². The van der Waals surface area contributed by atoms with Crippen molar-refractivity contribution < 1.29 is 19.4 Å². The third-order valence-electron chi connectivity index (χ3n) is 4.17. The van der Waals surface area contributed by atoms with Gasteiger partial charge >= 0.3 is 6.16 Å². The second-order valence-corrected chi connectivity index (χ2v) is 6.33. The summed E-state index contributed by atoms with van der Waals surface area (Å²) in [5.41, 5.74) is 2.81. The number of anilines is 1. The van der Waals surface area contributed by atoms with Crippen LogP contribution in [0.2, 0.25) is 5.02 Å². The Hall–Kier alpha value is -2.40. The standard InChI is InChI=1S/C19H20ClNO4/c1-2-10-24-13-8-6-12(7-9-13)15-11-17(25-19(22)23)21-18-14(15)4-3-5-16(18)20/h3-9,15,17,21H,2,10-11H2,1H3,(H,22,23). The topological polar surface area (TPSA) is 67.8 Å². The lowest BCUT2D eigenvalue weighted by atomic mass is 9.84. The van der Waals surface area contributed by atoms with Crippen molar-refractivity contribution >= 4 is 23.4 Å². The largest absolute Gasteiger partial charge is 0.507 e. The van der Waals surface area contributed by atoms with Gasteiger partial charge in [0.25, 0.3) is 0 Å². The van der Waals surface area contributed by atoms with E-state index in [1.165, 1.54) is 0 Å². The van der Waals surface area contributed by atoms with Crippen LogP contribution in [0.15, 0.2) is 42.5 Å². The Morgan fingerprint density at radius 2 is 2.04 bits per heavy atom. The first kappa shape index (κ1) is 17.4. The van der Waals surface area contributed by atoms with E-state index in [4.69, 9.17) is 26.2 Å². The van der Waals surface area contributed by atoms with Gasteiger partial charge in [0.1, 0.15) is 5.75 Å². The molecule has 25 heavy (non-hydrogen) atoms. The summed E-state index contributed by atoms with van der Waals surface area (Å²) >= 11 is 6.29. The molecule has 0 radical (unpaired) electrons. The zero-order chi connectivity index (χ0) is 17.8. The predicted octanol–water partition coefficient (Wildman–Crippen LogP) is 5.10. The predicted molar refractivity (Wildman–Crippen MR) is 96.7 cm³/mol. The molecule has 6 heteroatoms. The number of hydrogen-bond donors (Lipinski definition) is 2. The molecule has 0 bridgehead atoms. The number of fused-ring (bicyclic) bond motifs is 1. The first-order valence-corrected chi connectivity index (χ1v) is 8.63. The molecular weight excluding hydrogens is 342 g/mol. The lowest BCUT2D eigenvalue weighted by Crippen LogP contribution is -2.32. The molecule has 0 aliphatic carbocycles. The highest BCUT2D eigenvalue weighted by atomic mass is 35.5. The summed E-state index contributed by atoms with van der Waals surface area (Å²) < 4.78 is 10.6. The normalized spacial score (nSPS) is 18.8. The molecular formula is C19H20ClNO4. The first-order valence-electron chi connectivity index (χ1n) is 8.25. The van der Waals surface area contributed by atoms with Crippen molar-refractivity contribution in [3.05, 3.63) is 58.6 Å². The van der Waals surface area contributed by atoms with E-state index in [1.54, 1.807) is 6.07 Å². The van der Waals surface area contributed by atoms with Crippen LogP contribution in [0.3, 0.4) is 0 Å². The van der Waals surface area contributed by atoms with Crippen LogP contribution >= 0.6 is 11.6 Å². The first-order chi connectivity index (χ1) is 12.1. The van der Waals surface area contributed by atoms with Crippen LogP contribution in [0.25, 0.3) is 0 Å². The maximum absolute atomic E-state index is 10.9. The number of benzene rings is 2. The number of para-hydroxylation sites is 1. The van der Waals surface area contributed by atoms with Crippen LogP contribution in [0, 0.1) is 0 Å². The molecule has 5 nitrogen and oxygen atoms in total. The molecule has 0 saturated heterocycles. The van der Waals surface area contributed by atoms with E-state index >= 15 is 0 Å². The minimum Gasteiger partial charge on any atom is -0.494 e. The SMILES string of the molecule is CCCOc1ccc(C2CC(OC(=O)O)Nc3c(Cl)cccc32)cc1. The van der Waals surface area contributed by atoms with Crippen LogP contribution in [-0.2, 0) is 4.74 Å². The summed E-state index contributed by atoms with van der Waals surface area (Å²) in [6.45, 7) is 2.74. The molecule has 132 valence electrons. The second kappa shape index (κ2) is 7.66. The van der Waals surface area contributed by atoms with Crippen molar-refractivity contribution in [1.29, 1.82) is 0 Å². The number of hydrogen-bond acceptors (Lipinski definition) is 4. The average molecular weight is 362 g/mol. The monoisotopic (exact) mass is 361 g/mol. The molecule has 0 spiro atoms. The maximum atomic E-state index is 10.9. The van der Waals surface area contributed by atoms with Gasteiger partial charge < -0.3 is 19.9 Å². The molecule has 0 fully saturated rings. The molecule has 2 N–H and O–H groups in total. The van der Waals surface area contributed by atoms with Crippen molar-refractivity contribution in [3.8, 4) is 5.75 Å². The minimum atomic E-state index is -1.31. The van der Waals surface area contributed by atoms with E-state index in [0.717, 1.165) is 29.0 Å². The molecule has 1 heterocycles. The van der Waals surface area contributed by atoms with E-state index in [0.29, 0.717) is 18.1 Å². The Bertz CT molecular complexity index is 748. The Labute approximate surface area is 151 Å². The smallest absolute Gasteiger partial charge is 0.494 e. The number of nitrogens with one attached hydrogen (secondary N) is 1. The van der Waals surface area contributed by atoms with Crippen LogP contribution in [0.1, 0.15) is 36.8 Å². The van der Waals surface area contributed by atoms with Gasteiger partial charge in [-0.15, -0.1) is 0 Å². The molecule has 2 aromatic carbocycles. The van der Waals surface area contributed by atoms with Crippen LogP contribution in [-0.4, -0.2) is 24.1 Å². The van der Waals surface area contributed by atoms with Gasteiger partial charge in [-0.2, -0.15) is 0 Å². The number of carbonyl (C=O) groups is 1. The summed E-state index contributed by atoms with van der Waals surface area (Å²) in [6, 6.07) is 13.5. The molecule has 0 aromatic heterocycles. The van der Waals surface area contributed by atoms with Gasteiger partial charge in [0, 0.05) is 12.3 Å². The van der Waals surface area contributed by atoms with Crippen molar-refractivity contribution in [2.75, 3.05) is 11.9 Å². The van der Waals surface area contributed by atoms with E-state index in [1.807, 2.05) is 36.4 Å². The average Bonchev–Trinajstić information content (AvgIpc) is 2.60. The Kier molecular flexibility index (Phi) is 5.34. The molecule has 0 saturated carbocycles. The summed E-state index contributed by atoms with van der Waals surface area (Å²) in [7, 11) is 0. The fraction of sp³-hybridized carbons (Fsp3) is 0.316. The third-order valence-corrected chi connectivity index (χ3v) is 4.49. The van der Waals surface area contributed by atoms with Crippen molar-refractivity contribution in [1.82, 2.24) is 0 Å². The summed E-state index contributed by atoms with van der Waals surface area (Å²) in [5, 5.41) is 12.6. The molecule has 1 aliphatic heterocycles. The van der Waals surface area contributed by atoms with Gasteiger partial charge in [-0.05, 0) is 35.7 Å². The number of halogens is 1. The second-order valence-electron chi connectivity index (χ2n) is 5.93. The van der Waals surface area contributed by atoms with Crippen molar-refractivity contribution in [2.45, 2.75) is 31.9 Å². The summed E-state index contributed by atoms with van der Waals surface area (Å²) in [4.78, 5) is 10.9. The fourth-order valence-electron chi connectivity index (χ4n) is 3.08. The number of rotatable bonds is 5. The lowest BCUT2D eigenvalue weighted by Gasteiger charge is -2.33. The van der Waals surface area contributed by atoms with E-state index in [9.17, 15) is 4.79 Å². The Morgan fingerprint density at radius 1 is 1.28 bits per heavy atom. The number of ether oxygens (including phenoxy) is 2. The van der Waals surface area contributed by atoms with Gasteiger partial charge in [0.2, 0.25) is 0 Å². The molecule has 3 rings (SSSR count). The third kappa shape index (κ3) is 3.99. The van der Waals surface area contributed by atoms with E-state index in [-0.39, 0.29) is 5.92 Å². The highest BCUT2D eigenvalue weighted by molar-refractivity contribution is 6.33. The summed E-state index contributed by atoms with van der Waals surface area (Å²) in [5.74, 6) is 0.809. The van der Waals surface area contributed by atoms with Gasteiger partial charge in [0.05, 0.1) is 17.3 Å². The fourth-order valence-corrected chi connectivity index (χ4v) is 3.31. The zero-order valence-corrected chi connectivity index (χ0v) is 14.6. The van der Waals surface area contributed by atoms with Crippen LogP contribution in [0.5, 0.6) is 5.75 Å². The molecule has 2 unspecified atom stereocenters. The van der Waals surface area contributed by atoms with Gasteiger partial charge in [-0.25, -0.2) is 4.79 Å². The highest BCUT2D eigenvalue weighted by Gasteiger charge is 2.31. The Morgan fingerprint density at radius 3 is 2.72 bits per heavy atom. The molecule has 0 amide bonds. The number of carboxylic acid groups (broad SMARTS) is 1. The Balaban J connectivity index is 1.91.